The molecule has 1 atom stereocenters. The van der Waals surface area contributed by atoms with Crippen LogP contribution in [0.1, 0.15) is 44.2 Å². The normalized spacial score (nSPS) is 20.1. The molecule has 0 bridgehead atoms. The third-order valence-corrected chi connectivity index (χ3v) is 3.23. The van der Waals surface area contributed by atoms with Gasteiger partial charge in [0.15, 0.2) is 0 Å². The van der Waals surface area contributed by atoms with Crippen molar-refractivity contribution in [3.05, 3.63) is 24.2 Å². The standard InChI is InChI=1S/C12H19NO/c1-10(12-6-7-14-9-12)13-8-11-4-2-3-5-11/h6-7,9-11,13H,2-5,8H2,1H3. The van der Waals surface area contributed by atoms with Gasteiger partial charge in [0.1, 0.15) is 0 Å². The van der Waals surface area contributed by atoms with Crippen molar-refractivity contribution in [2.75, 3.05) is 6.54 Å². The second-order valence-corrected chi connectivity index (χ2v) is 4.34. The summed E-state index contributed by atoms with van der Waals surface area (Å²) in [5, 5.41) is 3.57. The van der Waals surface area contributed by atoms with Crippen molar-refractivity contribution < 1.29 is 4.42 Å². The predicted molar refractivity (Wildman–Crippen MR) is 57.1 cm³/mol. The molecule has 0 amide bonds. The van der Waals surface area contributed by atoms with Crippen LogP contribution in [0.4, 0.5) is 0 Å². The Labute approximate surface area is 85.7 Å². The molecule has 0 aliphatic heterocycles. The highest BCUT2D eigenvalue weighted by Gasteiger charge is 2.15. The summed E-state index contributed by atoms with van der Waals surface area (Å²) in [6.07, 6.45) is 9.23. The Kier molecular flexibility index (Phi) is 3.25. The molecule has 1 heterocycles. The van der Waals surface area contributed by atoms with E-state index in [4.69, 9.17) is 4.42 Å². The number of nitrogens with one attached hydrogen (secondary N) is 1. The van der Waals surface area contributed by atoms with Gasteiger partial charge in [-0.2, -0.15) is 0 Å². The highest BCUT2D eigenvalue weighted by molar-refractivity contribution is 5.10. The topological polar surface area (TPSA) is 25.2 Å². The van der Waals surface area contributed by atoms with Gasteiger partial charge in [0, 0.05) is 11.6 Å². The van der Waals surface area contributed by atoms with E-state index in [-0.39, 0.29) is 0 Å². The summed E-state index contributed by atoms with van der Waals surface area (Å²) < 4.78 is 5.07. The van der Waals surface area contributed by atoms with Crippen molar-refractivity contribution in [1.29, 1.82) is 0 Å². The molecule has 0 spiro atoms. The predicted octanol–water partition coefficient (Wildman–Crippen LogP) is 3.12. The lowest BCUT2D eigenvalue weighted by molar-refractivity contribution is 0.449. The molecule has 0 aromatic carbocycles. The molecule has 1 aromatic heterocycles. The molecule has 1 aliphatic carbocycles. The SMILES string of the molecule is CC(NCC1CCCC1)c1ccoc1. The van der Waals surface area contributed by atoms with Crippen LogP contribution < -0.4 is 5.32 Å². The third-order valence-electron chi connectivity index (χ3n) is 3.23. The van der Waals surface area contributed by atoms with Gasteiger partial charge in [-0.15, -0.1) is 0 Å². The molecule has 2 nitrogen and oxygen atoms in total. The van der Waals surface area contributed by atoms with E-state index < -0.39 is 0 Å². The van der Waals surface area contributed by atoms with Crippen molar-refractivity contribution in [3.63, 3.8) is 0 Å². The van der Waals surface area contributed by atoms with Gasteiger partial charge >= 0.3 is 0 Å². The summed E-state index contributed by atoms with van der Waals surface area (Å²) >= 11 is 0. The summed E-state index contributed by atoms with van der Waals surface area (Å²) in [5.74, 6) is 0.907. The fourth-order valence-corrected chi connectivity index (χ4v) is 2.20. The number of hydrogen-bond acceptors (Lipinski definition) is 2. The zero-order valence-corrected chi connectivity index (χ0v) is 8.83. The first-order valence-corrected chi connectivity index (χ1v) is 5.62. The van der Waals surface area contributed by atoms with Gasteiger partial charge in [0.2, 0.25) is 0 Å². The van der Waals surface area contributed by atoms with Crippen LogP contribution in [0.25, 0.3) is 0 Å². The molecular formula is C12H19NO. The van der Waals surface area contributed by atoms with Gasteiger partial charge in [-0.3, -0.25) is 0 Å². The lowest BCUT2D eigenvalue weighted by Crippen LogP contribution is -2.24. The van der Waals surface area contributed by atoms with Crippen LogP contribution in [-0.2, 0) is 0 Å². The van der Waals surface area contributed by atoms with E-state index in [1.54, 1.807) is 6.26 Å². The fourth-order valence-electron chi connectivity index (χ4n) is 2.20. The molecule has 0 radical (unpaired) electrons. The van der Waals surface area contributed by atoms with E-state index >= 15 is 0 Å². The van der Waals surface area contributed by atoms with Gasteiger partial charge in [-0.25, -0.2) is 0 Å². The molecule has 1 aromatic rings. The molecule has 2 rings (SSSR count). The van der Waals surface area contributed by atoms with Crippen molar-refractivity contribution in [3.8, 4) is 0 Å². The van der Waals surface area contributed by atoms with E-state index in [2.05, 4.69) is 12.2 Å². The average Bonchev–Trinajstić information content (AvgIpc) is 2.87. The second-order valence-electron chi connectivity index (χ2n) is 4.34. The van der Waals surface area contributed by atoms with E-state index in [0.717, 1.165) is 12.5 Å². The first-order valence-electron chi connectivity index (χ1n) is 5.62. The van der Waals surface area contributed by atoms with Crippen molar-refractivity contribution in [2.24, 2.45) is 5.92 Å². The first-order chi connectivity index (χ1) is 6.86. The summed E-state index contributed by atoms with van der Waals surface area (Å²) in [5.41, 5.74) is 1.25. The summed E-state index contributed by atoms with van der Waals surface area (Å²) in [6.45, 7) is 3.35. The molecular weight excluding hydrogens is 174 g/mol. The van der Waals surface area contributed by atoms with E-state index in [9.17, 15) is 0 Å². The molecule has 14 heavy (non-hydrogen) atoms. The van der Waals surface area contributed by atoms with Gasteiger partial charge in [0.25, 0.3) is 0 Å². The number of rotatable bonds is 4. The number of furan rings is 1. The van der Waals surface area contributed by atoms with Gasteiger partial charge in [-0.1, -0.05) is 12.8 Å². The Morgan fingerprint density at radius 1 is 1.50 bits per heavy atom. The van der Waals surface area contributed by atoms with Crippen molar-refractivity contribution >= 4 is 0 Å². The maximum atomic E-state index is 5.07. The maximum Gasteiger partial charge on any atom is 0.0950 e. The second kappa shape index (κ2) is 4.65. The molecule has 78 valence electrons. The molecule has 0 saturated heterocycles. The minimum absolute atomic E-state index is 0.425. The Hall–Kier alpha value is -0.760. The number of hydrogen-bond donors (Lipinski definition) is 1. The Morgan fingerprint density at radius 2 is 2.29 bits per heavy atom. The molecule has 1 aliphatic rings. The van der Waals surface area contributed by atoms with Crippen molar-refractivity contribution in [2.45, 2.75) is 38.6 Å². The van der Waals surface area contributed by atoms with Crippen LogP contribution in [0, 0.1) is 5.92 Å². The molecule has 2 heteroatoms. The maximum absolute atomic E-state index is 5.07. The summed E-state index contributed by atoms with van der Waals surface area (Å²) in [7, 11) is 0. The Bertz CT molecular complexity index is 249. The van der Waals surface area contributed by atoms with Gasteiger partial charge in [-0.05, 0) is 38.3 Å². The van der Waals surface area contributed by atoms with Crippen molar-refractivity contribution in [1.82, 2.24) is 5.32 Å². The van der Waals surface area contributed by atoms with Crippen LogP contribution in [0.3, 0.4) is 0 Å². The van der Waals surface area contributed by atoms with Gasteiger partial charge in [0.05, 0.1) is 12.5 Å². The summed E-state index contributed by atoms with van der Waals surface area (Å²) in [6, 6.07) is 2.46. The van der Waals surface area contributed by atoms with Gasteiger partial charge < -0.3 is 9.73 Å². The van der Waals surface area contributed by atoms with E-state index in [1.807, 2.05) is 12.3 Å². The van der Waals surface area contributed by atoms with Crippen LogP contribution in [0.5, 0.6) is 0 Å². The largest absolute Gasteiger partial charge is 0.472 e. The monoisotopic (exact) mass is 193 g/mol. The minimum atomic E-state index is 0.425. The van der Waals surface area contributed by atoms with Crippen LogP contribution in [-0.4, -0.2) is 6.54 Å². The third kappa shape index (κ3) is 2.38. The lowest BCUT2D eigenvalue weighted by Gasteiger charge is -2.15. The Balaban J connectivity index is 1.74. The minimum Gasteiger partial charge on any atom is -0.472 e. The Morgan fingerprint density at radius 3 is 2.93 bits per heavy atom. The van der Waals surface area contributed by atoms with Crippen LogP contribution >= 0.6 is 0 Å². The smallest absolute Gasteiger partial charge is 0.0950 e. The molecule has 1 N–H and O–H groups in total. The van der Waals surface area contributed by atoms with E-state index in [1.165, 1.54) is 31.2 Å². The van der Waals surface area contributed by atoms with Crippen LogP contribution in [0.15, 0.2) is 23.0 Å². The molecule has 1 saturated carbocycles. The van der Waals surface area contributed by atoms with E-state index in [0.29, 0.717) is 6.04 Å². The quantitative estimate of drug-likeness (QED) is 0.794. The lowest BCUT2D eigenvalue weighted by atomic mass is 10.1. The highest BCUT2D eigenvalue weighted by atomic mass is 16.3. The fraction of sp³-hybridized carbons (Fsp3) is 0.667. The average molecular weight is 193 g/mol. The highest BCUT2D eigenvalue weighted by Crippen LogP contribution is 2.24. The summed E-state index contributed by atoms with van der Waals surface area (Å²) in [4.78, 5) is 0. The molecule has 1 unspecified atom stereocenters. The first kappa shape index (κ1) is 9.78. The molecule has 1 fully saturated rings. The zero-order valence-electron chi connectivity index (χ0n) is 8.83. The zero-order chi connectivity index (χ0) is 9.80. The van der Waals surface area contributed by atoms with Crippen LogP contribution in [0.2, 0.25) is 0 Å².